The number of hydrogen-bond donors (Lipinski definition) is 1. The molecule has 1 heterocycles. The third-order valence-electron chi connectivity index (χ3n) is 4.79. The summed E-state index contributed by atoms with van der Waals surface area (Å²) in [5, 5.41) is 11.4. The lowest BCUT2D eigenvalue weighted by Crippen LogP contribution is -2.47. The van der Waals surface area contributed by atoms with Gasteiger partial charge in [-0.15, -0.1) is 0 Å². The van der Waals surface area contributed by atoms with E-state index in [0.717, 1.165) is 11.1 Å². The molecule has 1 saturated heterocycles. The maximum Gasteiger partial charge on any atom is 0.243 e. The Hall–Kier alpha value is -0.953. The molecule has 1 aliphatic rings. The van der Waals surface area contributed by atoms with Gasteiger partial charge in [-0.1, -0.05) is 63.8 Å². The van der Waals surface area contributed by atoms with Crippen LogP contribution in [0.1, 0.15) is 26.3 Å². The molecule has 1 aromatic carbocycles. The van der Waals surface area contributed by atoms with E-state index >= 15 is 0 Å². The van der Waals surface area contributed by atoms with Crippen molar-refractivity contribution < 1.29 is 13.5 Å². The maximum absolute atomic E-state index is 13.1. The summed E-state index contributed by atoms with van der Waals surface area (Å²) >= 11 is 0. The van der Waals surface area contributed by atoms with Crippen LogP contribution in [0, 0.1) is 12.3 Å². The predicted molar refractivity (Wildman–Crippen MR) is 106 cm³/mol. The van der Waals surface area contributed by atoms with Gasteiger partial charge in [0.2, 0.25) is 10.0 Å². The SMILES string of the molecule is Cc1ccc(S(=O)(=O)N2C/C(=C\[Si](C)(C)C)C(O)(C(C)(C)C)C2)cc1. The van der Waals surface area contributed by atoms with Crippen LogP contribution < -0.4 is 0 Å². The highest BCUT2D eigenvalue weighted by Crippen LogP contribution is 2.43. The first kappa shape index (κ1) is 20.4. The molecule has 25 heavy (non-hydrogen) atoms. The van der Waals surface area contributed by atoms with Gasteiger partial charge in [0, 0.05) is 13.1 Å². The summed E-state index contributed by atoms with van der Waals surface area (Å²) in [6.45, 7) is 14.8. The molecule has 0 aromatic heterocycles. The van der Waals surface area contributed by atoms with Gasteiger partial charge in [-0.05, 0) is 30.0 Å². The van der Waals surface area contributed by atoms with E-state index in [4.69, 9.17) is 0 Å². The van der Waals surface area contributed by atoms with Crippen molar-refractivity contribution in [1.82, 2.24) is 4.31 Å². The second kappa shape index (κ2) is 6.34. The average Bonchev–Trinajstić information content (AvgIpc) is 2.76. The minimum Gasteiger partial charge on any atom is -0.384 e. The van der Waals surface area contributed by atoms with E-state index < -0.39 is 29.1 Å². The summed E-state index contributed by atoms with van der Waals surface area (Å²) in [5.74, 6) is 0. The Morgan fingerprint density at radius 1 is 1.16 bits per heavy atom. The highest BCUT2D eigenvalue weighted by atomic mass is 32.2. The third-order valence-corrected chi connectivity index (χ3v) is 7.81. The molecular weight excluding hydrogens is 350 g/mol. The van der Waals surface area contributed by atoms with E-state index in [9.17, 15) is 13.5 Å². The van der Waals surface area contributed by atoms with Gasteiger partial charge in [-0.2, -0.15) is 4.31 Å². The van der Waals surface area contributed by atoms with E-state index in [1.165, 1.54) is 4.31 Å². The molecule has 1 atom stereocenters. The van der Waals surface area contributed by atoms with Gasteiger partial charge in [0.25, 0.3) is 0 Å². The second-order valence-corrected chi connectivity index (χ2v) is 16.2. The molecular formula is C19H31NO3SSi. The Bertz CT molecular complexity index is 770. The van der Waals surface area contributed by atoms with Crippen LogP contribution >= 0.6 is 0 Å². The predicted octanol–water partition coefficient (Wildman–Crippen LogP) is 3.58. The summed E-state index contributed by atoms with van der Waals surface area (Å²) in [4.78, 5) is 0.281. The normalized spacial score (nSPS) is 24.9. The molecule has 1 aliphatic heterocycles. The van der Waals surface area contributed by atoms with E-state index in [2.05, 4.69) is 25.3 Å². The molecule has 140 valence electrons. The molecule has 4 nitrogen and oxygen atoms in total. The molecule has 0 amide bonds. The lowest BCUT2D eigenvalue weighted by molar-refractivity contribution is -0.0137. The van der Waals surface area contributed by atoms with E-state index in [-0.39, 0.29) is 18.0 Å². The molecule has 0 bridgehead atoms. The number of benzene rings is 1. The fraction of sp³-hybridized carbons (Fsp3) is 0.579. The molecule has 0 aliphatic carbocycles. The standard InChI is InChI=1S/C19H31NO3SSi/c1-15-8-10-17(11-9-15)24(22,23)20-12-16(13-25(5,6)7)19(21,14-20)18(2,3)4/h8-11,13,21H,12,14H2,1-7H3/b16-13+. The van der Waals surface area contributed by atoms with Gasteiger partial charge in [0.15, 0.2) is 0 Å². The molecule has 0 radical (unpaired) electrons. The van der Waals surface area contributed by atoms with Gasteiger partial charge in [0.05, 0.1) is 13.0 Å². The molecule has 1 N–H and O–H groups in total. The Morgan fingerprint density at radius 2 is 1.68 bits per heavy atom. The number of hydrogen-bond acceptors (Lipinski definition) is 3. The highest BCUT2D eigenvalue weighted by molar-refractivity contribution is 7.89. The van der Waals surface area contributed by atoms with Crippen molar-refractivity contribution in [3.05, 3.63) is 41.1 Å². The Morgan fingerprint density at radius 3 is 2.12 bits per heavy atom. The van der Waals surface area contributed by atoms with Crippen LogP contribution in [0.3, 0.4) is 0 Å². The molecule has 0 saturated carbocycles. The van der Waals surface area contributed by atoms with Gasteiger partial charge >= 0.3 is 0 Å². The Labute approximate surface area is 153 Å². The number of sulfonamides is 1. The first-order valence-electron chi connectivity index (χ1n) is 8.68. The Kier molecular flexibility index (Phi) is 5.16. The zero-order chi connectivity index (χ0) is 19.3. The monoisotopic (exact) mass is 381 g/mol. The van der Waals surface area contributed by atoms with Gasteiger partial charge in [-0.25, -0.2) is 8.42 Å². The van der Waals surface area contributed by atoms with Crippen LogP contribution in [0.2, 0.25) is 19.6 Å². The third kappa shape index (κ3) is 4.08. The van der Waals surface area contributed by atoms with Crippen molar-refractivity contribution in [3.8, 4) is 0 Å². The lowest BCUT2D eigenvalue weighted by Gasteiger charge is -2.38. The van der Waals surface area contributed by atoms with Crippen LogP contribution in [0.25, 0.3) is 0 Å². The Balaban J connectivity index is 2.49. The second-order valence-electron chi connectivity index (χ2n) is 9.23. The lowest BCUT2D eigenvalue weighted by atomic mass is 9.74. The minimum absolute atomic E-state index is 0.100. The topological polar surface area (TPSA) is 57.6 Å². The molecule has 2 rings (SSSR count). The van der Waals surface area contributed by atoms with Gasteiger partial charge in [0.1, 0.15) is 5.60 Å². The zero-order valence-electron chi connectivity index (χ0n) is 16.4. The highest BCUT2D eigenvalue weighted by Gasteiger charge is 2.52. The molecule has 0 spiro atoms. The summed E-state index contributed by atoms with van der Waals surface area (Å²) in [6, 6.07) is 6.89. The van der Waals surface area contributed by atoms with Gasteiger partial charge < -0.3 is 5.11 Å². The van der Waals surface area contributed by atoms with E-state index in [0.29, 0.717) is 0 Å². The summed E-state index contributed by atoms with van der Waals surface area (Å²) in [6.07, 6.45) is 0. The first-order valence-corrected chi connectivity index (χ1v) is 13.7. The van der Waals surface area contributed by atoms with Crippen molar-refractivity contribution >= 4 is 18.1 Å². The molecule has 1 aromatic rings. The van der Waals surface area contributed by atoms with Crippen LogP contribution in [0.4, 0.5) is 0 Å². The van der Waals surface area contributed by atoms with Crippen LogP contribution in [-0.4, -0.2) is 44.6 Å². The number of rotatable bonds is 3. The number of nitrogens with zero attached hydrogens (tertiary/aromatic N) is 1. The van der Waals surface area contributed by atoms with E-state index in [1.807, 2.05) is 27.7 Å². The van der Waals surface area contributed by atoms with Crippen molar-refractivity contribution in [2.75, 3.05) is 13.1 Å². The van der Waals surface area contributed by atoms with Crippen molar-refractivity contribution in [2.45, 2.75) is 57.8 Å². The zero-order valence-corrected chi connectivity index (χ0v) is 18.2. The van der Waals surface area contributed by atoms with Crippen molar-refractivity contribution in [2.24, 2.45) is 5.41 Å². The molecule has 1 fully saturated rings. The van der Waals surface area contributed by atoms with Crippen LogP contribution in [-0.2, 0) is 10.0 Å². The summed E-state index contributed by atoms with van der Waals surface area (Å²) < 4.78 is 27.6. The molecule has 1 unspecified atom stereocenters. The fourth-order valence-electron chi connectivity index (χ4n) is 3.17. The van der Waals surface area contributed by atoms with Crippen LogP contribution in [0.5, 0.6) is 0 Å². The number of aryl methyl sites for hydroxylation is 1. The number of aliphatic hydroxyl groups is 1. The smallest absolute Gasteiger partial charge is 0.243 e. The van der Waals surface area contributed by atoms with Crippen LogP contribution in [0.15, 0.2) is 40.4 Å². The summed E-state index contributed by atoms with van der Waals surface area (Å²) in [7, 11) is -5.24. The van der Waals surface area contributed by atoms with E-state index in [1.54, 1.807) is 24.3 Å². The number of β-amino-alcohol motifs (C(OH)–C–C–N with tert-alkyl or cyclic N) is 1. The minimum atomic E-state index is -3.63. The largest absolute Gasteiger partial charge is 0.384 e. The average molecular weight is 382 g/mol. The van der Waals surface area contributed by atoms with Gasteiger partial charge in [-0.3, -0.25) is 0 Å². The summed E-state index contributed by atoms with van der Waals surface area (Å²) in [5.41, 5.74) is 2.42. The quantitative estimate of drug-likeness (QED) is 0.814. The first-order chi connectivity index (χ1) is 11.2. The van der Waals surface area contributed by atoms with Crippen molar-refractivity contribution in [1.29, 1.82) is 0 Å². The molecule has 6 heteroatoms. The fourth-order valence-corrected chi connectivity index (χ4v) is 5.99. The van der Waals surface area contributed by atoms with Crippen molar-refractivity contribution in [3.63, 3.8) is 0 Å². The maximum atomic E-state index is 13.1.